The summed E-state index contributed by atoms with van der Waals surface area (Å²) in [7, 11) is 0. The van der Waals surface area contributed by atoms with Gasteiger partial charge >= 0.3 is 0 Å². The molecule has 0 fully saturated rings. The average Bonchev–Trinajstić information content (AvgIpc) is 3.20. The summed E-state index contributed by atoms with van der Waals surface area (Å²) in [6.45, 7) is 4.05. The van der Waals surface area contributed by atoms with Crippen molar-refractivity contribution in [3.8, 4) is 0 Å². The molecule has 0 saturated carbocycles. The number of benzene rings is 2. The Morgan fingerprint density at radius 2 is 2.00 bits per heavy atom. The molecule has 5 nitrogen and oxygen atoms in total. The fourth-order valence-electron chi connectivity index (χ4n) is 3.78. The summed E-state index contributed by atoms with van der Waals surface area (Å²) >= 11 is 1.31. The molecule has 6 heteroatoms. The van der Waals surface area contributed by atoms with Gasteiger partial charge in [0.05, 0.1) is 16.7 Å². The fourth-order valence-corrected chi connectivity index (χ4v) is 4.67. The van der Waals surface area contributed by atoms with E-state index in [0.29, 0.717) is 16.1 Å². The normalized spacial score (nSPS) is 14.0. The number of carbonyl (C=O) groups is 1. The summed E-state index contributed by atoms with van der Waals surface area (Å²) in [5.41, 5.74) is 4.17. The molecule has 1 aromatic heterocycles. The summed E-state index contributed by atoms with van der Waals surface area (Å²) < 4.78 is 1.72. The van der Waals surface area contributed by atoms with Crippen molar-refractivity contribution in [2.75, 3.05) is 11.1 Å². The second kappa shape index (κ2) is 8.41. The smallest absolute Gasteiger partial charge is 0.262 e. The number of fused-ring (bicyclic) bond motifs is 2. The Labute approximate surface area is 174 Å². The van der Waals surface area contributed by atoms with Crippen LogP contribution in [0.1, 0.15) is 43.9 Å². The number of nitrogens with one attached hydrogen (secondary N) is 1. The van der Waals surface area contributed by atoms with E-state index in [2.05, 4.69) is 22.4 Å². The zero-order valence-electron chi connectivity index (χ0n) is 16.8. The van der Waals surface area contributed by atoms with Crippen molar-refractivity contribution in [2.24, 2.45) is 0 Å². The van der Waals surface area contributed by atoms with Crippen molar-refractivity contribution in [3.63, 3.8) is 0 Å². The lowest BCUT2D eigenvalue weighted by atomic mass is 10.1. The molecule has 0 radical (unpaired) electrons. The molecule has 0 bridgehead atoms. The average molecular weight is 408 g/mol. The molecule has 29 heavy (non-hydrogen) atoms. The van der Waals surface area contributed by atoms with Crippen LogP contribution in [0.2, 0.25) is 0 Å². The summed E-state index contributed by atoms with van der Waals surface area (Å²) in [4.78, 5) is 30.2. The van der Waals surface area contributed by atoms with E-state index in [4.69, 9.17) is 0 Å². The van der Waals surface area contributed by atoms with Crippen LogP contribution in [0.3, 0.4) is 0 Å². The Bertz CT molecular complexity index is 1120. The Hall–Kier alpha value is -2.60. The maximum Gasteiger partial charge on any atom is 0.262 e. The molecule has 1 aliphatic rings. The standard InChI is InChI=1S/C23H25N3O2S/c1-3-15(2)26-22(28)19-9-4-5-10-20(19)25-23(26)29-14-21(27)24-18-12-11-16-7-6-8-17(16)13-18/h4-5,9-13,15H,3,6-8,14H2,1-2H3,(H,24,27)/t15-/m1/s1. The minimum absolute atomic E-state index is 0.0156. The van der Waals surface area contributed by atoms with Crippen LogP contribution in [-0.4, -0.2) is 21.2 Å². The number of rotatable bonds is 6. The molecule has 0 saturated heterocycles. The van der Waals surface area contributed by atoms with E-state index in [1.807, 2.05) is 38.1 Å². The highest BCUT2D eigenvalue weighted by molar-refractivity contribution is 7.99. The lowest BCUT2D eigenvalue weighted by molar-refractivity contribution is -0.113. The van der Waals surface area contributed by atoms with E-state index in [9.17, 15) is 9.59 Å². The van der Waals surface area contributed by atoms with E-state index >= 15 is 0 Å². The van der Waals surface area contributed by atoms with Crippen LogP contribution in [0.5, 0.6) is 0 Å². The highest BCUT2D eigenvalue weighted by Crippen LogP contribution is 2.26. The van der Waals surface area contributed by atoms with E-state index in [1.54, 1.807) is 10.6 Å². The summed E-state index contributed by atoms with van der Waals surface area (Å²) in [6, 6.07) is 13.5. The molecule has 0 spiro atoms. The number of carbonyl (C=O) groups excluding carboxylic acids is 1. The number of anilines is 1. The van der Waals surface area contributed by atoms with Gasteiger partial charge in [0.15, 0.2) is 5.16 Å². The zero-order chi connectivity index (χ0) is 20.4. The van der Waals surface area contributed by atoms with Crippen molar-refractivity contribution in [1.29, 1.82) is 0 Å². The molecule has 2 aromatic carbocycles. The predicted molar refractivity (Wildman–Crippen MR) is 119 cm³/mol. The third-order valence-electron chi connectivity index (χ3n) is 5.52. The van der Waals surface area contributed by atoms with Crippen molar-refractivity contribution >= 4 is 34.3 Å². The van der Waals surface area contributed by atoms with Gasteiger partial charge in [-0.2, -0.15) is 0 Å². The van der Waals surface area contributed by atoms with Crippen LogP contribution in [0.15, 0.2) is 52.4 Å². The van der Waals surface area contributed by atoms with E-state index < -0.39 is 0 Å². The molecule has 3 aromatic rings. The number of thioether (sulfide) groups is 1. The Kier molecular flexibility index (Phi) is 5.72. The number of amides is 1. The second-order valence-corrected chi connectivity index (χ2v) is 8.46. The largest absolute Gasteiger partial charge is 0.325 e. The van der Waals surface area contributed by atoms with Crippen LogP contribution < -0.4 is 10.9 Å². The van der Waals surface area contributed by atoms with Gasteiger partial charge in [-0.3, -0.25) is 14.2 Å². The predicted octanol–water partition coefficient (Wildman–Crippen LogP) is 4.59. The second-order valence-electron chi connectivity index (χ2n) is 7.52. The number of hydrogen-bond acceptors (Lipinski definition) is 4. The van der Waals surface area contributed by atoms with Gasteiger partial charge in [0.1, 0.15) is 0 Å². The monoisotopic (exact) mass is 407 g/mol. The molecule has 1 N–H and O–H groups in total. The quantitative estimate of drug-likeness (QED) is 0.480. The molecular formula is C23H25N3O2S. The number of para-hydroxylation sites is 1. The Balaban J connectivity index is 1.54. The number of aromatic nitrogens is 2. The molecular weight excluding hydrogens is 382 g/mol. The lowest BCUT2D eigenvalue weighted by Gasteiger charge is -2.18. The lowest BCUT2D eigenvalue weighted by Crippen LogP contribution is -2.26. The first-order valence-corrected chi connectivity index (χ1v) is 11.1. The molecule has 1 atom stereocenters. The number of nitrogens with zero attached hydrogens (tertiary/aromatic N) is 2. The maximum atomic E-state index is 13.0. The van der Waals surface area contributed by atoms with Crippen molar-refractivity contribution in [1.82, 2.24) is 9.55 Å². The van der Waals surface area contributed by atoms with Gasteiger partial charge in [0, 0.05) is 11.7 Å². The molecule has 0 aliphatic heterocycles. The van der Waals surface area contributed by atoms with Crippen molar-refractivity contribution in [3.05, 3.63) is 63.9 Å². The molecule has 0 unspecified atom stereocenters. The SMILES string of the molecule is CC[C@@H](C)n1c(SCC(=O)Nc2ccc3c(c2)CCC3)nc2ccccc2c1=O. The van der Waals surface area contributed by atoms with Gasteiger partial charge < -0.3 is 5.32 Å². The third-order valence-corrected chi connectivity index (χ3v) is 6.47. The number of aryl methyl sites for hydroxylation is 2. The van der Waals surface area contributed by atoms with Gasteiger partial charge in [-0.1, -0.05) is 36.9 Å². The van der Waals surface area contributed by atoms with Crippen molar-refractivity contribution < 1.29 is 4.79 Å². The van der Waals surface area contributed by atoms with Crippen molar-refractivity contribution in [2.45, 2.75) is 50.7 Å². The minimum atomic E-state index is -0.0916. The van der Waals surface area contributed by atoms with E-state index in [-0.39, 0.29) is 23.3 Å². The molecule has 1 heterocycles. The fraction of sp³-hybridized carbons (Fsp3) is 0.348. The zero-order valence-corrected chi connectivity index (χ0v) is 17.6. The summed E-state index contributed by atoms with van der Waals surface area (Å²) in [5, 5.41) is 4.18. The maximum absolute atomic E-state index is 13.0. The van der Waals surface area contributed by atoms with E-state index in [1.165, 1.54) is 29.3 Å². The van der Waals surface area contributed by atoms with Gasteiger partial charge in [-0.25, -0.2) is 4.98 Å². The summed E-state index contributed by atoms with van der Waals surface area (Å²) in [6.07, 6.45) is 4.20. The molecule has 4 rings (SSSR count). The number of hydrogen-bond donors (Lipinski definition) is 1. The first kappa shape index (κ1) is 19.7. The van der Waals surface area contributed by atoms with Crippen LogP contribution in [0, 0.1) is 0 Å². The van der Waals surface area contributed by atoms with Gasteiger partial charge in [-0.05, 0) is 68.0 Å². The first-order valence-electron chi connectivity index (χ1n) is 10.1. The summed E-state index contributed by atoms with van der Waals surface area (Å²) in [5.74, 6) is 0.115. The van der Waals surface area contributed by atoms with Crippen LogP contribution >= 0.6 is 11.8 Å². The van der Waals surface area contributed by atoms with Gasteiger partial charge in [0.25, 0.3) is 5.56 Å². The molecule has 1 amide bonds. The van der Waals surface area contributed by atoms with Crippen LogP contribution in [0.25, 0.3) is 10.9 Å². The molecule has 150 valence electrons. The van der Waals surface area contributed by atoms with E-state index in [0.717, 1.165) is 24.9 Å². The van der Waals surface area contributed by atoms with Gasteiger partial charge in [0.2, 0.25) is 5.91 Å². The van der Waals surface area contributed by atoms with Gasteiger partial charge in [-0.15, -0.1) is 0 Å². The highest BCUT2D eigenvalue weighted by Gasteiger charge is 2.17. The molecule has 1 aliphatic carbocycles. The van der Waals surface area contributed by atoms with Crippen LogP contribution in [-0.2, 0) is 17.6 Å². The first-order chi connectivity index (χ1) is 14.1. The minimum Gasteiger partial charge on any atom is -0.325 e. The Morgan fingerprint density at radius 3 is 2.83 bits per heavy atom. The highest BCUT2D eigenvalue weighted by atomic mass is 32.2. The van der Waals surface area contributed by atoms with Crippen LogP contribution in [0.4, 0.5) is 5.69 Å². The third kappa shape index (κ3) is 4.08. The topological polar surface area (TPSA) is 64.0 Å². The Morgan fingerprint density at radius 1 is 1.21 bits per heavy atom.